The van der Waals surface area contributed by atoms with Crippen LogP contribution in [0.3, 0.4) is 0 Å². The summed E-state index contributed by atoms with van der Waals surface area (Å²) >= 11 is 0. The number of nitrogens with one attached hydrogen (secondary N) is 2. The Labute approximate surface area is 178 Å². The fourth-order valence-corrected chi connectivity index (χ4v) is 4.49. The van der Waals surface area contributed by atoms with Gasteiger partial charge in [0, 0.05) is 35.0 Å². The molecule has 4 rings (SSSR count). The zero-order chi connectivity index (χ0) is 21.1. The molecule has 1 heterocycles. The number of carbonyl (C=O) groups is 2. The van der Waals surface area contributed by atoms with E-state index in [2.05, 4.69) is 24.5 Å². The van der Waals surface area contributed by atoms with Gasteiger partial charge in [-0.05, 0) is 49.1 Å². The third-order valence-electron chi connectivity index (χ3n) is 6.09. The fourth-order valence-electron chi connectivity index (χ4n) is 4.49. The molecule has 0 radical (unpaired) electrons. The molecule has 1 atom stereocenters. The number of hydrogen-bond acceptors (Lipinski definition) is 3. The second-order valence-electron chi connectivity index (χ2n) is 8.82. The van der Waals surface area contributed by atoms with Crippen LogP contribution in [-0.2, 0) is 0 Å². The predicted octanol–water partition coefficient (Wildman–Crippen LogP) is 4.97. The number of benzene rings is 2. The van der Waals surface area contributed by atoms with E-state index in [4.69, 9.17) is 0 Å². The van der Waals surface area contributed by atoms with Gasteiger partial charge in [0.05, 0.1) is 0 Å². The molecule has 2 aromatic rings. The van der Waals surface area contributed by atoms with E-state index >= 15 is 0 Å². The summed E-state index contributed by atoms with van der Waals surface area (Å²) in [4.78, 5) is 27.5. The lowest BCUT2D eigenvalue weighted by atomic mass is 9.94. The second kappa shape index (κ2) is 8.90. The van der Waals surface area contributed by atoms with Gasteiger partial charge in [-0.25, -0.2) is 0 Å². The topological polar surface area (TPSA) is 61.4 Å². The van der Waals surface area contributed by atoms with Crippen LogP contribution in [0.1, 0.15) is 78.4 Å². The van der Waals surface area contributed by atoms with E-state index in [0.29, 0.717) is 18.0 Å². The lowest BCUT2D eigenvalue weighted by molar-refractivity contribution is 0.0600. The summed E-state index contributed by atoms with van der Waals surface area (Å²) in [6.07, 6.45) is 5.57. The summed E-state index contributed by atoms with van der Waals surface area (Å²) in [5.74, 6) is 0.487. The number of hydrogen-bond donors (Lipinski definition) is 2. The van der Waals surface area contributed by atoms with Crippen molar-refractivity contribution in [1.82, 2.24) is 10.2 Å². The van der Waals surface area contributed by atoms with E-state index in [9.17, 15) is 9.59 Å². The van der Waals surface area contributed by atoms with E-state index in [0.717, 1.165) is 29.7 Å². The maximum Gasteiger partial charge on any atom is 0.256 e. The Morgan fingerprint density at radius 1 is 1.03 bits per heavy atom. The van der Waals surface area contributed by atoms with Crippen molar-refractivity contribution in [3.05, 3.63) is 65.2 Å². The number of rotatable bonds is 6. The molecule has 5 nitrogen and oxygen atoms in total. The number of amides is 2. The van der Waals surface area contributed by atoms with Crippen LogP contribution in [0.2, 0.25) is 0 Å². The smallest absolute Gasteiger partial charge is 0.256 e. The largest absolute Gasteiger partial charge is 0.361 e. The van der Waals surface area contributed by atoms with Gasteiger partial charge < -0.3 is 15.5 Å². The maximum absolute atomic E-state index is 13.2. The predicted molar refractivity (Wildman–Crippen MR) is 119 cm³/mol. The third-order valence-corrected chi connectivity index (χ3v) is 6.09. The van der Waals surface area contributed by atoms with Crippen molar-refractivity contribution in [1.29, 1.82) is 0 Å². The minimum atomic E-state index is -0.169. The van der Waals surface area contributed by atoms with Crippen molar-refractivity contribution >= 4 is 17.5 Å². The molecule has 158 valence electrons. The zero-order valence-electron chi connectivity index (χ0n) is 17.9. The first kappa shape index (κ1) is 20.5. The number of carbonyl (C=O) groups excluding carboxylic acids is 2. The van der Waals surface area contributed by atoms with Crippen molar-refractivity contribution in [3.8, 4) is 0 Å². The maximum atomic E-state index is 13.2. The molecule has 5 heteroatoms. The fraction of sp³-hybridized carbons (Fsp3) is 0.440. The third kappa shape index (κ3) is 4.20. The summed E-state index contributed by atoms with van der Waals surface area (Å²) in [6.45, 7) is 4.81. The Hall–Kier alpha value is -2.82. The van der Waals surface area contributed by atoms with Gasteiger partial charge in [0.2, 0.25) is 0 Å². The molecule has 30 heavy (non-hydrogen) atoms. The molecule has 1 aliphatic carbocycles. The number of fused-ring (bicyclic) bond motifs is 1. The molecular weight excluding hydrogens is 374 g/mol. The monoisotopic (exact) mass is 405 g/mol. The Balaban J connectivity index is 1.54. The van der Waals surface area contributed by atoms with Crippen molar-refractivity contribution in [2.24, 2.45) is 5.92 Å². The second-order valence-corrected chi connectivity index (χ2v) is 8.82. The molecule has 2 aromatic carbocycles. The van der Waals surface area contributed by atoms with Crippen molar-refractivity contribution in [3.63, 3.8) is 0 Å². The molecule has 2 N–H and O–H groups in total. The van der Waals surface area contributed by atoms with Gasteiger partial charge in [-0.2, -0.15) is 0 Å². The zero-order valence-corrected chi connectivity index (χ0v) is 17.9. The average Bonchev–Trinajstić information content (AvgIpc) is 3.05. The molecule has 1 fully saturated rings. The Morgan fingerprint density at radius 3 is 2.43 bits per heavy atom. The van der Waals surface area contributed by atoms with Crippen molar-refractivity contribution in [2.75, 3.05) is 11.9 Å². The van der Waals surface area contributed by atoms with E-state index < -0.39 is 0 Å². The van der Waals surface area contributed by atoms with E-state index in [1.54, 1.807) is 0 Å². The molecule has 2 aliphatic rings. The van der Waals surface area contributed by atoms with Gasteiger partial charge in [0.1, 0.15) is 6.17 Å². The van der Waals surface area contributed by atoms with Crippen LogP contribution in [0.15, 0.2) is 48.5 Å². The van der Waals surface area contributed by atoms with Gasteiger partial charge in [0.15, 0.2) is 0 Å². The standard InChI is InChI=1S/C25H31N3O2/c1-17(2)16-26-24(29)18-12-14-19(15-13-18)27-23-21-10-6-7-11-22(21)25(30)28(23)20-8-4-3-5-9-20/h6-7,10-15,17,20,23,27H,3-5,8-9,16H2,1-2H3,(H,26,29). The first-order valence-corrected chi connectivity index (χ1v) is 11.1. The van der Waals surface area contributed by atoms with Crippen LogP contribution in [0.4, 0.5) is 5.69 Å². The number of anilines is 1. The molecule has 0 aromatic heterocycles. The van der Waals surface area contributed by atoms with Crippen LogP contribution in [0.5, 0.6) is 0 Å². The highest BCUT2D eigenvalue weighted by Crippen LogP contribution is 2.39. The van der Waals surface area contributed by atoms with E-state index in [1.807, 2.05) is 53.4 Å². The summed E-state index contributed by atoms with van der Waals surface area (Å²) in [6, 6.07) is 15.7. The van der Waals surface area contributed by atoms with E-state index in [-0.39, 0.29) is 24.0 Å². The molecule has 1 saturated carbocycles. The highest BCUT2D eigenvalue weighted by Gasteiger charge is 2.40. The molecule has 2 amide bonds. The molecule has 0 bridgehead atoms. The van der Waals surface area contributed by atoms with E-state index in [1.165, 1.54) is 19.3 Å². The highest BCUT2D eigenvalue weighted by molar-refractivity contribution is 6.00. The summed E-state index contributed by atoms with van der Waals surface area (Å²) in [5.41, 5.74) is 3.39. The van der Waals surface area contributed by atoms with Gasteiger partial charge in [0.25, 0.3) is 11.8 Å². The molecule has 1 unspecified atom stereocenters. The summed E-state index contributed by atoms with van der Waals surface area (Å²) in [7, 11) is 0. The molecule has 1 aliphatic heterocycles. The van der Waals surface area contributed by atoms with Gasteiger partial charge in [-0.1, -0.05) is 51.3 Å². The average molecular weight is 406 g/mol. The van der Waals surface area contributed by atoms with Crippen molar-refractivity contribution < 1.29 is 9.59 Å². The minimum Gasteiger partial charge on any atom is -0.361 e. The summed E-state index contributed by atoms with van der Waals surface area (Å²) < 4.78 is 0. The Kier molecular flexibility index (Phi) is 6.07. The lowest BCUT2D eigenvalue weighted by Crippen LogP contribution is -2.42. The molecular formula is C25H31N3O2. The molecule has 0 saturated heterocycles. The van der Waals surface area contributed by atoms with Crippen LogP contribution in [-0.4, -0.2) is 29.3 Å². The van der Waals surface area contributed by atoms with Crippen LogP contribution < -0.4 is 10.6 Å². The summed E-state index contributed by atoms with van der Waals surface area (Å²) in [5, 5.41) is 6.51. The quantitative estimate of drug-likeness (QED) is 0.713. The Morgan fingerprint density at radius 2 is 1.73 bits per heavy atom. The molecule has 0 spiro atoms. The Bertz CT molecular complexity index is 901. The minimum absolute atomic E-state index is 0.0551. The van der Waals surface area contributed by atoms with Gasteiger partial charge in [-0.3, -0.25) is 9.59 Å². The first-order chi connectivity index (χ1) is 14.5. The van der Waals surface area contributed by atoms with Gasteiger partial charge in [-0.15, -0.1) is 0 Å². The normalized spacial score (nSPS) is 19.1. The van der Waals surface area contributed by atoms with Crippen LogP contribution in [0.25, 0.3) is 0 Å². The van der Waals surface area contributed by atoms with Crippen LogP contribution >= 0.6 is 0 Å². The highest BCUT2D eigenvalue weighted by atomic mass is 16.2. The van der Waals surface area contributed by atoms with Crippen molar-refractivity contribution in [2.45, 2.75) is 58.2 Å². The number of nitrogens with zero attached hydrogens (tertiary/aromatic N) is 1. The van der Waals surface area contributed by atoms with Gasteiger partial charge >= 0.3 is 0 Å². The SMILES string of the molecule is CC(C)CNC(=O)c1ccc(NC2c3ccccc3C(=O)N2C2CCCCC2)cc1. The van der Waals surface area contributed by atoms with Crippen LogP contribution in [0, 0.1) is 5.92 Å². The first-order valence-electron chi connectivity index (χ1n) is 11.1. The lowest BCUT2D eigenvalue weighted by Gasteiger charge is -2.36.